The molecule has 0 aliphatic carbocycles. The van der Waals surface area contributed by atoms with Crippen LogP contribution < -0.4 is 0 Å². The number of hydrogen-bond donors (Lipinski definition) is 0. The molecule has 1 aromatic rings. The van der Waals surface area contributed by atoms with E-state index in [1.165, 1.54) is 6.07 Å². The van der Waals surface area contributed by atoms with Crippen LogP contribution in [0.25, 0.3) is 0 Å². The van der Waals surface area contributed by atoms with E-state index in [0.29, 0.717) is 18.4 Å². The average Bonchev–Trinajstić information content (AvgIpc) is 2.20. The minimum absolute atomic E-state index is 0.123. The molecule has 102 valence electrons. The van der Waals surface area contributed by atoms with Gasteiger partial charge in [0.1, 0.15) is 5.82 Å². The molecule has 0 radical (unpaired) electrons. The van der Waals surface area contributed by atoms with Crippen molar-refractivity contribution in [3.05, 3.63) is 34.1 Å². The quantitative estimate of drug-likeness (QED) is 0.735. The molecule has 1 aromatic carbocycles. The lowest BCUT2D eigenvalue weighted by Crippen LogP contribution is -2.31. The van der Waals surface area contributed by atoms with E-state index in [9.17, 15) is 4.39 Å². The van der Waals surface area contributed by atoms with Crippen LogP contribution in [0.15, 0.2) is 22.7 Å². The molecule has 18 heavy (non-hydrogen) atoms. The van der Waals surface area contributed by atoms with Crippen LogP contribution in [0.2, 0.25) is 0 Å². The second-order valence-electron chi connectivity index (χ2n) is 5.72. The molecule has 0 heterocycles. The Hall–Kier alpha value is -0.410. The predicted molar refractivity (Wildman–Crippen MR) is 79.1 cm³/mol. The van der Waals surface area contributed by atoms with Gasteiger partial charge in [0.25, 0.3) is 0 Å². The van der Waals surface area contributed by atoms with Gasteiger partial charge in [0.05, 0.1) is 0 Å². The fraction of sp³-hybridized carbons (Fsp3) is 0.600. The predicted octanol–water partition coefficient (Wildman–Crippen LogP) is 4.70. The number of benzene rings is 1. The van der Waals surface area contributed by atoms with Crippen LogP contribution in [0.1, 0.15) is 33.3 Å². The van der Waals surface area contributed by atoms with Gasteiger partial charge in [-0.3, -0.25) is 4.90 Å². The van der Waals surface area contributed by atoms with Gasteiger partial charge >= 0.3 is 0 Å². The first-order valence-corrected chi connectivity index (χ1v) is 7.34. The van der Waals surface area contributed by atoms with Crippen molar-refractivity contribution < 1.29 is 4.39 Å². The molecule has 3 heteroatoms. The Morgan fingerprint density at radius 3 is 2.11 bits per heavy atom. The van der Waals surface area contributed by atoms with Crippen molar-refractivity contribution in [3.8, 4) is 0 Å². The van der Waals surface area contributed by atoms with E-state index >= 15 is 0 Å². The van der Waals surface area contributed by atoms with E-state index in [0.717, 1.165) is 23.1 Å². The minimum atomic E-state index is -0.123. The maximum atomic E-state index is 13.8. The summed E-state index contributed by atoms with van der Waals surface area (Å²) in [7, 11) is 0. The first-order chi connectivity index (χ1) is 8.38. The standard InChI is InChI=1S/C15H23BrFN/c1-11(2)8-18(9-12(3)4)10-13-5-6-14(16)7-15(13)17/h5-7,11-12H,8-10H2,1-4H3. The average molecular weight is 316 g/mol. The van der Waals surface area contributed by atoms with Crippen molar-refractivity contribution >= 4 is 15.9 Å². The first-order valence-electron chi connectivity index (χ1n) is 6.54. The summed E-state index contributed by atoms with van der Waals surface area (Å²) < 4.78 is 14.6. The van der Waals surface area contributed by atoms with Gasteiger partial charge in [-0.25, -0.2) is 4.39 Å². The highest BCUT2D eigenvalue weighted by molar-refractivity contribution is 9.10. The summed E-state index contributed by atoms with van der Waals surface area (Å²) in [5, 5.41) is 0. The van der Waals surface area contributed by atoms with Crippen molar-refractivity contribution in [2.75, 3.05) is 13.1 Å². The molecule has 0 unspecified atom stereocenters. The molecule has 0 fully saturated rings. The van der Waals surface area contributed by atoms with Crippen molar-refractivity contribution in [2.45, 2.75) is 34.2 Å². The Labute approximate surface area is 119 Å². The van der Waals surface area contributed by atoms with Crippen molar-refractivity contribution in [1.82, 2.24) is 4.90 Å². The molecule has 0 bridgehead atoms. The summed E-state index contributed by atoms with van der Waals surface area (Å²) in [4.78, 5) is 2.33. The van der Waals surface area contributed by atoms with Crippen LogP contribution in [-0.2, 0) is 6.54 Å². The van der Waals surface area contributed by atoms with Gasteiger partial charge < -0.3 is 0 Å². The maximum Gasteiger partial charge on any atom is 0.128 e. The number of halogens is 2. The normalized spacial score (nSPS) is 11.8. The second kappa shape index (κ2) is 7.25. The Morgan fingerprint density at radius 1 is 1.11 bits per heavy atom. The lowest BCUT2D eigenvalue weighted by Gasteiger charge is -2.26. The van der Waals surface area contributed by atoms with Gasteiger partial charge in [-0.05, 0) is 24.0 Å². The van der Waals surface area contributed by atoms with Crippen LogP contribution in [0.3, 0.4) is 0 Å². The van der Waals surface area contributed by atoms with Crippen LogP contribution in [0, 0.1) is 17.7 Å². The van der Waals surface area contributed by atoms with Gasteiger partial charge in [-0.2, -0.15) is 0 Å². The molecule has 0 saturated carbocycles. The lowest BCUT2D eigenvalue weighted by molar-refractivity contribution is 0.209. The fourth-order valence-electron chi connectivity index (χ4n) is 2.13. The molecule has 0 amide bonds. The molecule has 0 aliphatic rings. The van der Waals surface area contributed by atoms with Crippen molar-refractivity contribution in [1.29, 1.82) is 0 Å². The molecule has 0 spiro atoms. The first kappa shape index (κ1) is 15.6. The molecular weight excluding hydrogens is 293 g/mol. The number of rotatable bonds is 6. The highest BCUT2D eigenvalue weighted by Crippen LogP contribution is 2.18. The van der Waals surface area contributed by atoms with Gasteiger partial charge in [0, 0.05) is 29.7 Å². The SMILES string of the molecule is CC(C)CN(Cc1ccc(Br)cc1F)CC(C)C. The zero-order chi connectivity index (χ0) is 13.7. The fourth-order valence-corrected chi connectivity index (χ4v) is 2.46. The third-order valence-electron chi connectivity index (χ3n) is 2.66. The monoisotopic (exact) mass is 315 g/mol. The van der Waals surface area contributed by atoms with E-state index in [4.69, 9.17) is 0 Å². The third-order valence-corrected chi connectivity index (χ3v) is 3.15. The molecular formula is C15H23BrFN. The highest BCUT2D eigenvalue weighted by Gasteiger charge is 2.12. The molecule has 0 aromatic heterocycles. The third kappa shape index (κ3) is 5.49. The van der Waals surface area contributed by atoms with Gasteiger partial charge in [-0.1, -0.05) is 49.7 Å². The highest BCUT2D eigenvalue weighted by atomic mass is 79.9. The number of hydrogen-bond acceptors (Lipinski definition) is 1. The van der Waals surface area contributed by atoms with Crippen molar-refractivity contribution in [3.63, 3.8) is 0 Å². The Kier molecular flexibility index (Phi) is 6.30. The molecule has 1 nitrogen and oxygen atoms in total. The molecule has 0 aliphatic heterocycles. The summed E-state index contributed by atoms with van der Waals surface area (Å²) >= 11 is 3.29. The second-order valence-corrected chi connectivity index (χ2v) is 6.63. The zero-order valence-electron chi connectivity index (χ0n) is 11.7. The van der Waals surface area contributed by atoms with E-state index in [1.807, 2.05) is 12.1 Å². The smallest absolute Gasteiger partial charge is 0.128 e. The minimum Gasteiger partial charge on any atom is -0.298 e. The summed E-state index contributed by atoms with van der Waals surface area (Å²) in [5.41, 5.74) is 0.777. The maximum absolute atomic E-state index is 13.8. The zero-order valence-corrected chi connectivity index (χ0v) is 13.3. The van der Waals surface area contributed by atoms with Gasteiger partial charge in [0.2, 0.25) is 0 Å². The molecule has 1 rings (SSSR count). The molecule has 0 N–H and O–H groups in total. The topological polar surface area (TPSA) is 3.24 Å². The van der Waals surface area contributed by atoms with Gasteiger partial charge in [0.15, 0.2) is 0 Å². The van der Waals surface area contributed by atoms with E-state index in [1.54, 1.807) is 0 Å². The van der Waals surface area contributed by atoms with Crippen LogP contribution >= 0.6 is 15.9 Å². The summed E-state index contributed by atoms with van der Waals surface area (Å²) in [5.74, 6) is 1.08. The van der Waals surface area contributed by atoms with E-state index in [2.05, 4.69) is 48.5 Å². The largest absolute Gasteiger partial charge is 0.298 e. The summed E-state index contributed by atoms with van der Waals surface area (Å²) in [6, 6.07) is 5.31. The Balaban J connectivity index is 2.75. The van der Waals surface area contributed by atoms with Crippen molar-refractivity contribution in [2.24, 2.45) is 11.8 Å². The van der Waals surface area contributed by atoms with E-state index < -0.39 is 0 Å². The Bertz CT molecular complexity index is 367. The van der Waals surface area contributed by atoms with Crippen LogP contribution in [0.4, 0.5) is 4.39 Å². The molecule has 0 atom stereocenters. The van der Waals surface area contributed by atoms with Crippen LogP contribution in [-0.4, -0.2) is 18.0 Å². The van der Waals surface area contributed by atoms with Gasteiger partial charge in [-0.15, -0.1) is 0 Å². The van der Waals surface area contributed by atoms with Crippen LogP contribution in [0.5, 0.6) is 0 Å². The lowest BCUT2D eigenvalue weighted by atomic mass is 10.1. The summed E-state index contributed by atoms with van der Waals surface area (Å²) in [6.45, 7) is 11.5. The van der Waals surface area contributed by atoms with E-state index in [-0.39, 0.29) is 5.82 Å². The Morgan fingerprint density at radius 2 is 1.67 bits per heavy atom. The number of nitrogens with zero attached hydrogens (tertiary/aromatic N) is 1. The molecule has 0 saturated heterocycles. The summed E-state index contributed by atoms with van der Waals surface area (Å²) in [6.07, 6.45) is 0.